The molecule has 152 valence electrons. The van der Waals surface area contributed by atoms with Crippen molar-refractivity contribution in [1.82, 2.24) is 10.2 Å². The standard InChI is InChI=1S/C18H23N3O6S/c1-3-12-10(2)9-21(17(12)23)18(24)20-8-11-4-5-27-15-7-14(22)16(6-13(11)15)28(19,25)26/h6-7,11,22H,3-5,8-9H2,1-2H3,(H,20,24)(H2,19,25,26). The first-order chi connectivity index (χ1) is 13.1. The largest absolute Gasteiger partial charge is 0.506 e. The lowest BCUT2D eigenvalue weighted by atomic mass is 9.93. The highest BCUT2D eigenvalue weighted by molar-refractivity contribution is 7.89. The molecule has 9 nitrogen and oxygen atoms in total. The van der Waals surface area contributed by atoms with Gasteiger partial charge in [-0.2, -0.15) is 0 Å². The molecule has 0 fully saturated rings. The molecule has 3 amide bonds. The molecule has 1 atom stereocenters. The number of sulfonamides is 1. The highest BCUT2D eigenvalue weighted by Crippen LogP contribution is 2.39. The first kappa shape index (κ1) is 20.2. The Balaban J connectivity index is 1.75. The summed E-state index contributed by atoms with van der Waals surface area (Å²) in [4.78, 5) is 25.6. The molecule has 28 heavy (non-hydrogen) atoms. The highest BCUT2D eigenvalue weighted by Gasteiger charge is 2.32. The fourth-order valence-corrected chi connectivity index (χ4v) is 4.23. The zero-order chi connectivity index (χ0) is 20.6. The summed E-state index contributed by atoms with van der Waals surface area (Å²) in [5.74, 6) is -0.668. The van der Waals surface area contributed by atoms with E-state index in [-0.39, 0.29) is 24.9 Å². The number of hydrogen-bond acceptors (Lipinski definition) is 6. The van der Waals surface area contributed by atoms with Crippen LogP contribution in [-0.4, -0.2) is 50.1 Å². The molecular weight excluding hydrogens is 386 g/mol. The van der Waals surface area contributed by atoms with Crippen LogP contribution in [-0.2, 0) is 14.8 Å². The number of rotatable bonds is 4. The van der Waals surface area contributed by atoms with E-state index in [1.807, 2.05) is 13.8 Å². The van der Waals surface area contributed by atoms with E-state index in [2.05, 4.69) is 5.32 Å². The average Bonchev–Trinajstić information content (AvgIpc) is 2.91. The summed E-state index contributed by atoms with van der Waals surface area (Å²) in [6, 6.07) is 2.00. The lowest BCUT2D eigenvalue weighted by Crippen LogP contribution is -2.43. The van der Waals surface area contributed by atoms with Crippen molar-refractivity contribution in [3.05, 3.63) is 28.8 Å². The molecule has 3 rings (SSSR count). The number of nitrogens with one attached hydrogen (secondary N) is 1. The van der Waals surface area contributed by atoms with Crippen LogP contribution in [0.15, 0.2) is 28.2 Å². The zero-order valence-electron chi connectivity index (χ0n) is 15.7. The van der Waals surface area contributed by atoms with E-state index in [0.717, 1.165) is 5.57 Å². The molecule has 0 saturated heterocycles. The van der Waals surface area contributed by atoms with Crippen LogP contribution in [0.2, 0.25) is 0 Å². The fourth-order valence-electron chi connectivity index (χ4n) is 3.59. The predicted octanol–water partition coefficient (Wildman–Crippen LogP) is 1.18. The predicted molar refractivity (Wildman–Crippen MR) is 100 cm³/mol. The number of phenolic OH excluding ortho intramolecular Hbond substituents is 1. The Labute approximate surface area is 163 Å². The third-order valence-electron chi connectivity index (χ3n) is 5.07. The second-order valence-corrected chi connectivity index (χ2v) is 8.46. The number of aromatic hydroxyl groups is 1. The molecular formula is C18H23N3O6S. The van der Waals surface area contributed by atoms with Gasteiger partial charge in [0.2, 0.25) is 10.0 Å². The molecule has 1 aromatic carbocycles. The molecule has 2 aliphatic rings. The van der Waals surface area contributed by atoms with Crippen molar-refractivity contribution in [2.75, 3.05) is 19.7 Å². The first-order valence-electron chi connectivity index (χ1n) is 8.94. The van der Waals surface area contributed by atoms with E-state index in [9.17, 15) is 23.1 Å². The molecule has 4 N–H and O–H groups in total. The van der Waals surface area contributed by atoms with Gasteiger partial charge in [0.1, 0.15) is 16.4 Å². The highest BCUT2D eigenvalue weighted by atomic mass is 32.2. The van der Waals surface area contributed by atoms with Crippen molar-refractivity contribution in [2.24, 2.45) is 5.14 Å². The Hall–Kier alpha value is -2.59. The Morgan fingerprint density at radius 2 is 2.14 bits per heavy atom. The van der Waals surface area contributed by atoms with Crippen LogP contribution in [0.5, 0.6) is 11.5 Å². The van der Waals surface area contributed by atoms with Crippen LogP contribution >= 0.6 is 0 Å². The molecule has 1 aromatic rings. The number of nitrogens with two attached hydrogens (primary N) is 1. The van der Waals surface area contributed by atoms with E-state index in [0.29, 0.717) is 36.3 Å². The van der Waals surface area contributed by atoms with Gasteiger partial charge in [0.05, 0.1) is 13.2 Å². The number of hydrogen-bond donors (Lipinski definition) is 3. The number of fused-ring (bicyclic) bond motifs is 1. The molecule has 0 aliphatic carbocycles. The maximum absolute atomic E-state index is 12.5. The Bertz CT molecular complexity index is 970. The molecule has 2 heterocycles. The van der Waals surface area contributed by atoms with Crippen LogP contribution in [0.4, 0.5) is 4.79 Å². The number of urea groups is 1. The summed E-state index contributed by atoms with van der Waals surface area (Å²) in [5.41, 5.74) is 2.07. The lowest BCUT2D eigenvalue weighted by Gasteiger charge is -2.27. The normalized spacial score (nSPS) is 19.5. The monoisotopic (exact) mass is 409 g/mol. The quantitative estimate of drug-likeness (QED) is 0.682. The smallest absolute Gasteiger partial charge is 0.324 e. The third-order valence-corrected chi connectivity index (χ3v) is 6.01. The van der Waals surface area contributed by atoms with Crippen LogP contribution in [0.3, 0.4) is 0 Å². The topological polar surface area (TPSA) is 139 Å². The van der Waals surface area contributed by atoms with Gasteiger partial charge in [-0.3, -0.25) is 9.69 Å². The van der Waals surface area contributed by atoms with Gasteiger partial charge >= 0.3 is 6.03 Å². The summed E-state index contributed by atoms with van der Waals surface area (Å²) in [6.07, 6.45) is 1.11. The Morgan fingerprint density at radius 3 is 2.75 bits per heavy atom. The van der Waals surface area contributed by atoms with Gasteiger partial charge in [-0.05, 0) is 31.4 Å². The van der Waals surface area contributed by atoms with Crippen LogP contribution in [0, 0.1) is 0 Å². The van der Waals surface area contributed by atoms with Gasteiger partial charge in [0, 0.05) is 29.7 Å². The summed E-state index contributed by atoms with van der Waals surface area (Å²) >= 11 is 0. The van der Waals surface area contributed by atoms with Gasteiger partial charge in [-0.15, -0.1) is 0 Å². The van der Waals surface area contributed by atoms with Gasteiger partial charge < -0.3 is 15.2 Å². The minimum Gasteiger partial charge on any atom is -0.506 e. The van der Waals surface area contributed by atoms with Crippen LogP contribution < -0.4 is 15.2 Å². The molecule has 0 aromatic heterocycles. The van der Waals surface area contributed by atoms with Crippen molar-refractivity contribution in [2.45, 2.75) is 37.5 Å². The number of nitrogens with zero attached hydrogens (tertiary/aromatic N) is 1. The summed E-state index contributed by atoms with van der Waals surface area (Å²) in [5, 5.41) is 17.8. The minimum atomic E-state index is -4.11. The number of ether oxygens (including phenoxy) is 1. The van der Waals surface area contributed by atoms with Crippen molar-refractivity contribution >= 4 is 22.0 Å². The molecule has 2 aliphatic heterocycles. The summed E-state index contributed by atoms with van der Waals surface area (Å²) in [7, 11) is -4.11. The summed E-state index contributed by atoms with van der Waals surface area (Å²) < 4.78 is 28.8. The van der Waals surface area contributed by atoms with E-state index in [1.165, 1.54) is 17.0 Å². The summed E-state index contributed by atoms with van der Waals surface area (Å²) in [6.45, 7) is 4.51. The molecule has 10 heteroatoms. The maximum atomic E-state index is 12.5. The lowest BCUT2D eigenvalue weighted by molar-refractivity contribution is -0.123. The Morgan fingerprint density at radius 1 is 1.43 bits per heavy atom. The molecule has 0 saturated carbocycles. The second-order valence-electron chi connectivity index (χ2n) is 6.93. The van der Waals surface area contributed by atoms with Gasteiger partial charge in [-0.25, -0.2) is 18.4 Å². The number of phenols is 1. The van der Waals surface area contributed by atoms with E-state index < -0.39 is 26.7 Å². The second kappa shape index (κ2) is 7.44. The van der Waals surface area contributed by atoms with Crippen LogP contribution in [0.1, 0.15) is 38.2 Å². The number of benzene rings is 1. The maximum Gasteiger partial charge on any atom is 0.324 e. The van der Waals surface area contributed by atoms with Gasteiger partial charge in [0.25, 0.3) is 5.91 Å². The number of amides is 3. The first-order valence-corrected chi connectivity index (χ1v) is 10.5. The zero-order valence-corrected chi connectivity index (χ0v) is 16.5. The van der Waals surface area contributed by atoms with E-state index in [1.54, 1.807) is 0 Å². The van der Waals surface area contributed by atoms with Crippen molar-refractivity contribution < 1.29 is 27.9 Å². The molecule has 0 bridgehead atoms. The number of imide groups is 1. The van der Waals surface area contributed by atoms with Gasteiger partial charge in [0.15, 0.2) is 0 Å². The number of carbonyl (C=O) groups excluding carboxylic acids is 2. The molecule has 0 spiro atoms. The van der Waals surface area contributed by atoms with E-state index >= 15 is 0 Å². The SMILES string of the molecule is CCC1=C(C)CN(C(=O)NCC2CCOc3cc(O)c(S(N)(=O)=O)cc32)C1=O. The number of carbonyl (C=O) groups is 2. The third kappa shape index (κ3) is 3.69. The molecule has 1 unspecified atom stereocenters. The van der Waals surface area contributed by atoms with Crippen molar-refractivity contribution in [1.29, 1.82) is 0 Å². The van der Waals surface area contributed by atoms with Gasteiger partial charge in [-0.1, -0.05) is 6.92 Å². The minimum absolute atomic E-state index is 0.189. The average molecular weight is 409 g/mol. The Kier molecular flexibility index (Phi) is 5.35. The number of primary sulfonamides is 1. The van der Waals surface area contributed by atoms with Crippen molar-refractivity contribution in [3.63, 3.8) is 0 Å². The fraction of sp³-hybridized carbons (Fsp3) is 0.444. The van der Waals surface area contributed by atoms with E-state index in [4.69, 9.17) is 9.88 Å². The van der Waals surface area contributed by atoms with Crippen molar-refractivity contribution in [3.8, 4) is 11.5 Å². The molecule has 0 radical (unpaired) electrons. The van der Waals surface area contributed by atoms with Crippen LogP contribution in [0.25, 0.3) is 0 Å².